The maximum Gasteiger partial charge on any atom is 0.303 e. The molecule has 1 aromatic heterocycles. The number of aliphatic hydroxyl groups is 3. The summed E-state index contributed by atoms with van der Waals surface area (Å²) in [6.45, 7) is 0.417. The Kier molecular flexibility index (Phi) is 6.68. The van der Waals surface area contributed by atoms with Gasteiger partial charge in [-0.3, -0.25) is 9.59 Å². The lowest BCUT2D eigenvalue weighted by molar-refractivity contribution is -0.240. The van der Waals surface area contributed by atoms with Crippen LogP contribution in [-0.4, -0.2) is 69.6 Å². The van der Waals surface area contributed by atoms with Gasteiger partial charge in [0.1, 0.15) is 52.8 Å². The number of rotatable bonds is 5. The predicted molar refractivity (Wildman–Crippen MR) is 120 cm³/mol. The molecule has 0 saturated carbocycles. The molecular weight excluding hydrogens is 464 g/mol. The van der Waals surface area contributed by atoms with E-state index < -0.39 is 54.3 Å². The predicted octanol–water partition coefficient (Wildman–Crippen LogP) is 0.965. The number of phenolic OH excluding ortho intramolecular Hbond substituents is 2. The van der Waals surface area contributed by atoms with Gasteiger partial charge in [0.25, 0.3) is 0 Å². The van der Waals surface area contributed by atoms with Gasteiger partial charge in [0.05, 0.1) is 19.3 Å². The molecule has 1 aliphatic rings. The van der Waals surface area contributed by atoms with Gasteiger partial charge in [0.2, 0.25) is 0 Å². The number of hydrogen-bond acceptors (Lipinski definition) is 11. The molecule has 11 heteroatoms. The number of hydrogen-bond donors (Lipinski definition) is 5. The summed E-state index contributed by atoms with van der Waals surface area (Å²) in [4.78, 5) is 24.6. The molecule has 11 nitrogen and oxygen atoms in total. The number of aliphatic hydroxyl groups excluding tert-OH is 3. The van der Waals surface area contributed by atoms with Crippen LogP contribution >= 0.6 is 0 Å². The molecular formula is C24H24O11. The third-order valence-electron chi connectivity index (χ3n) is 5.81. The summed E-state index contributed by atoms with van der Waals surface area (Å²) in [6, 6.07) is 8.12. The molecule has 1 saturated heterocycles. The third kappa shape index (κ3) is 4.42. The molecule has 3 aromatic rings. The lowest BCUT2D eigenvalue weighted by Crippen LogP contribution is -2.56. The van der Waals surface area contributed by atoms with E-state index in [1.165, 1.54) is 31.4 Å². The molecule has 5 unspecified atom stereocenters. The van der Waals surface area contributed by atoms with Crippen LogP contribution in [0.5, 0.6) is 17.2 Å². The van der Waals surface area contributed by atoms with Crippen molar-refractivity contribution in [1.29, 1.82) is 0 Å². The van der Waals surface area contributed by atoms with E-state index in [0.29, 0.717) is 5.56 Å². The number of carbonyl (C=O) groups is 1. The smallest absolute Gasteiger partial charge is 0.303 e. The molecule has 1 aliphatic heterocycles. The minimum Gasteiger partial charge on any atom is -0.508 e. The van der Waals surface area contributed by atoms with Crippen molar-refractivity contribution in [2.24, 2.45) is 0 Å². The van der Waals surface area contributed by atoms with Crippen LogP contribution < -0.4 is 10.2 Å². The van der Waals surface area contributed by atoms with Crippen LogP contribution in [0.3, 0.4) is 0 Å². The molecule has 0 bridgehead atoms. The Morgan fingerprint density at radius 1 is 1.09 bits per heavy atom. The molecule has 5 N–H and O–H groups in total. The molecule has 2 heterocycles. The summed E-state index contributed by atoms with van der Waals surface area (Å²) >= 11 is 0. The number of phenols is 2. The molecule has 35 heavy (non-hydrogen) atoms. The molecule has 0 aliphatic carbocycles. The first-order valence-corrected chi connectivity index (χ1v) is 10.6. The van der Waals surface area contributed by atoms with Gasteiger partial charge in [-0.15, -0.1) is 0 Å². The van der Waals surface area contributed by atoms with Gasteiger partial charge >= 0.3 is 5.97 Å². The zero-order valence-corrected chi connectivity index (χ0v) is 18.7. The van der Waals surface area contributed by atoms with Crippen LogP contribution in [0.1, 0.15) is 18.6 Å². The van der Waals surface area contributed by atoms with E-state index in [1.54, 1.807) is 0 Å². The van der Waals surface area contributed by atoms with Crippen molar-refractivity contribution in [2.75, 3.05) is 13.7 Å². The van der Waals surface area contributed by atoms with Crippen LogP contribution in [0.15, 0.2) is 45.6 Å². The first-order chi connectivity index (χ1) is 16.7. The number of esters is 1. The zero-order valence-electron chi connectivity index (χ0n) is 18.7. The number of ether oxygens (including phenoxy) is 3. The maximum atomic E-state index is 13.0. The van der Waals surface area contributed by atoms with E-state index in [0.717, 1.165) is 19.1 Å². The Balaban J connectivity index is 1.97. The standard InChI is InChI=1S/C24H24O11/c1-10(26)33-24-20(30)17(9-25)35-23(21(24)31)19-16(32-2)8-14(29)18-13(28)7-15(34-22(18)19)11-3-5-12(27)6-4-11/h3-8,17,20-21,23-25,27,29-31H,9H2,1-2H3. The molecule has 5 atom stereocenters. The summed E-state index contributed by atoms with van der Waals surface area (Å²) < 4.78 is 22.2. The maximum absolute atomic E-state index is 13.0. The number of aromatic hydroxyl groups is 2. The summed E-state index contributed by atoms with van der Waals surface area (Å²) in [7, 11) is 1.28. The van der Waals surface area contributed by atoms with Gasteiger partial charge in [-0.05, 0) is 24.3 Å². The molecule has 4 rings (SSSR count). The second-order valence-corrected chi connectivity index (χ2v) is 8.07. The van der Waals surface area contributed by atoms with E-state index in [1.807, 2.05) is 0 Å². The van der Waals surface area contributed by atoms with Gasteiger partial charge in [0.15, 0.2) is 17.1 Å². The molecule has 2 aromatic carbocycles. The van der Waals surface area contributed by atoms with E-state index >= 15 is 0 Å². The number of carbonyl (C=O) groups excluding carboxylic acids is 1. The van der Waals surface area contributed by atoms with E-state index in [9.17, 15) is 35.1 Å². The second kappa shape index (κ2) is 9.55. The van der Waals surface area contributed by atoms with E-state index in [-0.39, 0.29) is 33.8 Å². The fraction of sp³-hybridized carbons (Fsp3) is 0.333. The van der Waals surface area contributed by atoms with Gasteiger partial charge < -0.3 is 44.2 Å². The molecule has 0 spiro atoms. The van der Waals surface area contributed by atoms with Crippen LogP contribution in [0.4, 0.5) is 0 Å². The number of benzene rings is 2. The van der Waals surface area contributed by atoms with Crippen LogP contribution in [0.25, 0.3) is 22.3 Å². The highest BCUT2D eigenvalue weighted by molar-refractivity contribution is 5.89. The van der Waals surface area contributed by atoms with Gasteiger partial charge in [-0.2, -0.15) is 0 Å². The average molecular weight is 488 g/mol. The quantitative estimate of drug-likeness (QED) is 0.323. The van der Waals surface area contributed by atoms with Gasteiger partial charge in [-0.1, -0.05) is 0 Å². The summed E-state index contributed by atoms with van der Waals surface area (Å²) in [5.41, 5.74) is -0.373. The van der Waals surface area contributed by atoms with Crippen LogP contribution in [0, 0.1) is 0 Å². The molecule has 0 amide bonds. The Bertz CT molecular complexity index is 1300. The summed E-state index contributed by atoms with van der Waals surface area (Å²) in [5, 5.41) is 51.1. The first-order valence-electron chi connectivity index (χ1n) is 10.6. The SMILES string of the molecule is COc1cc(O)c2c(=O)cc(-c3ccc(O)cc3)oc2c1C1OC(CO)C(O)C(OC(C)=O)C1O. The van der Waals surface area contributed by atoms with Crippen molar-refractivity contribution in [3.8, 4) is 28.6 Å². The highest BCUT2D eigenvalue weighted by Gasteiger charge is 2.48. The Morgan fingerprint density at radius 3 is 2.37 bits per heavy atom. The topological polar surface area (TPSA) is 176 Å². The minimum atomic E-state index is -1.67. The highest BCUT2D eigenvalue weighted by atomic mass is 16.6. The van der Waals surface area contributed by atoms with Crippen molar-refractivity contribution in [1.82, 2.24) is 0 Å². The van der Waals surface area contributed by atoms with E-state index in [4.69, 9.17) is 18.6 Å². The van der Waals surface area contributed by atoms with Crippen molar-refractivity contribution in [3.63, 3.8) is 0 Å². The van der Waals surface area contributed by atoms with Gasteiger partial charge in [-0.25, -0.2) is 0 Å². The lowest BCUT2D eigenvalue weighted by atomic mass is 9.89. The van der Waals surface area contributed by atoms with Crippen molar-refractivity contribution in [2.45, 2.75) is 37.4 Å². The van der Waals surface area contributed by atoms with Crippen LogP contribution in [-0.2, 0) is 14.3 Å². The number of methoxy groups -OCH3 is 1. The lowest BCUT2D eigenvalue weighted by Gasteiger charge is -2.42. The monoisotopic (exact) mass is 488 g/mol. The average Bonchev–Trinajstić information content (AvgIpc) is 2.82. The number of fused-ring (bicyclic) bond motifs is 1. The van der Waals surface area contributed by atoms with Crippen molar-refractivity contribution in [3.05, 3.63) is 52.2 Å². The summed E-state index contributed by atoms with van der Waals surface area (Å²) in [5.74, 6) is -1.18. The second-order valence-electron chi connectivity index (χ2n) is 8.07. The van der Waals surface area contributed by atoms with Gasteiger partial charge in [0, 0.05) is 24.6 Å². The molecule has 186 valence electrons. The first kappa shape index (κ1) is 24.5. The fourth-order valence-corrected chi connectivity index (χ4v) is 4.17. The highest BCUT2D eigenvalue weighted by Crippen LogP contribution is 2.44. The van der Waals surface area contributed by atoms with Crippen LogP contribution in [0.2, 0.25) is 0 Å². The molecule has 0 radical (unpaired) electrons. The van der Waals surface area contributed by atoms with Crippen molar-refractivity contribution < 1.29 is 49.0 Å². The fourth-order valence-electron chi connectivity index (χ4n) is 4.17. The largest absolute Gasteiger partial charge is 0.508 e. The van der Waals surface area contributed by atoms with Crippen molar-refractivity contribution >= 4 is 16.9 Å². The Hall–Kier alpha value is -3.64. The molecule has 1 fully saturated rings. The minimum absolute atomic E-state index is 0.000679. The van der Waals surface area contributed by atoms with E-state index in [2.05, 4.69) is 0 Å². The summed E-state index contributed by atoms with van der Waals surface area (Å²) in [6.07, 6.45) is -7.38. The zero-order chi connectivity index (χ0) is 25.4. The Labute approximate surface area is 198 Å². The normalized spacial score (nSPS) is 24.3. The Morgan fingerprint density at radius 2 is 1.77 bits per heavy atom. The third-order valence-corrected chi connectivity index (χ3v) is 5.81.